The van der Waals surface area contributed by atoms with Crippen molar-refractivity contribution in [1.82, 2.24) is 0 Å². The van der Waals surface area contributed by atoms with Gasteiger partial charge < -0.3 is 0 Å². The lowest BCUT2D eigenvalue weighted by atomic mass is 10.0. The average molecular weight is 311 g/mol. The van der Waals surface area contributed by atoms with Crippen molar-refractivity contribution in [2.75, 3.05) is 5.75 Å². The Morgan fingerprint density at radius 1 is 0.952 bits per heavy atom. The molecule has 0 heterocycles. The van der Waals surface area contributed by atoms with Gasteiger partial charge in [0, 0.05) is 0 Å². The van der Waals surface area contributed by atoms with E-state index in [-0.39, 0.29) is 11.7 Å². The summed E-state index contributed by atoms with van der Waals surface area (Å²) in [6, 6.07) is 7.18. The van der Waals surface area contributed by atoms with E-state index in [9.17, 15) is 8.42 Å². The maximum Gasteiger partial charge on any atom is 0.178 e. The van der Waals surface area contributed by atoms with Gasteiger partial charge in [0.15, 0.2) is 9.84 Å². The molecule has 1 aromatic rings. The summed E-state index contributed by atoms with van der Waals surface area (Å²) in [5.74, 6) is 0.507. The largest absolute Gasteiger partial charge is 0.224 e. The highest BCUT2D eigenvalue weighted by atomic mass is 32.2. The summed E-state index contributed by atoms with van der Waals surface area (Å²) >= 11 is 0. The number of sulfone groups is 1. The van der Waals surface area contributed by atoms with E-state index in [1.165, 1.54) is 32.1 Å². The molecular formula is C18H30O2S. The van der Waals surface area contributed by atoms with Crippen LogP contribution >= 0.6 is 0 Å². The van der Waals surface area contributed by atoms with Gasteiger partial charge in [-0.05, 0) is 31.4 Å². The average Bonchev–Trinajstić information content (AvgIpc) is 2.42. The summed E-state index contributed by atoms with van der Waals surface area (Å²) in [5.41, 5.74) is 1.09. The Morgan fingerprint density at radius 2 is 1.52 bits per heavy atom. The van der Waals surface area contributed by atoms with Crippen LogP contribution in [0.25, 0.3) is 0 Å². The zero-order valence-electron chi connectivity index (χ0n) is 13.8. The molecule has 0 aliphatic carbocycles. The summed E-state index contributed by atoms with van der Waals surface area (Å²) in [6.45, 7) is 6.24. The van der Waals surface area contributed by atoms with E-state index in [1.807, 2.05) is 19.1 Å². The summed E-state index contributed by atoms with van der Waals surface area (Å²) in [7, 11) is -3.13. The summed E-state index contributed by atoms with van der Waals surface area (Å²) in [5, 5.41) is 0. The first kappa shape index (κ1) is 18.2. The standard InChI is InChI=1S/C18H30O2S/c1-4-5-6-7-8-9-10-17(3)15-21(19,20)18-13-11-16(2)12-14-18/h11-14,17H,4-10,15H2,1-3H3/t17-/m0/s1. The molecule has 0 aliphatic heterocycles. The van der Waals surface area contributed by atoms with Gasteiger partial charge >= 0.3 is 0 Å². The number of rotatable bonds is 10. The van der Waals surface area contributed by atoms with Crippen LogP contribution < -0.4 is 0 Å². The number of aryl methyl sites for hydroxylation is 1. The van der Waals surface area contributed by atoms with E-state index in [2.05, 4.69) is 13.8 Å². The van der Waals surface area contributed by atoms with Crippen LogP contribution in [0.5, 0.6) is 0 Å². The number of unbranched alkanes of at least 4 members (excludes halogenated alkanes) is 5. The van der Waals surface area contributed by atoms with E-state index < -0.39 is 9.84 Å². The van der Waals surface area contributed by atoms with Crippen molar-refractivity contribution in [1.29, 1.82) is 0 Å². The molecule has 1 atom stereocenters. The Bertz CT molecular complexity index is 488. The maximum atomic E-state index is 12.3. The molecular weight excluding hydrogens is 280 g/mol. The van der Waals surface area contributed by atoms with Gasteiger partial charge in [0.1, 0.15) is 0 Å². The number of hydrogen-bond donors (Lipinski definition) is 0. The fourth-order valence-electron chi connectivity index (χ4n) is 2.57. The molecule has 1 aromatic carbocycles. The van der Waals surface area contributed by atoms with Crippen LogP contribution in [0.4, 0.5) is 0 Å². The number of hydrogen-bond acceptors (Lipinski definition) is 2. The molecule has 0 aliphatic rings. The second-order valence-electron chi connectivity index (χ2n) is 6.26. The normalized spacial score (nSPS) is 13.3. The van der Waals surface area contributed by atoms with Crippen LogP contribution in [-0.4, -0.2) is 14.2 Å². The van der Waals surface area contributed by atoms with Crippen molar-refractivity contribution in [2.45, 2.75) is 70.6 Å². The highest BCUT2D eigenvalue weighted by Crippen LogP contribution is 2.19. The van der Waals surface area contributed by atoms with Crippen LogP contribution in [0.3, 0.4) is 0 Å². The quantitative estimate of drug-likeness (QED) is 0.560. The van der Waals surface area contributed by atoms with Crippen molar-refractivity contribution in [2.24, 2.45) is 5.92 Å². The zero-order valence-corrected chi connectivity index (χ0v) is 14.6. The molecule has 0 aromatic heterocycles. The Morgan fingerprint density at radius 3 is 2.14 bits per heavy atom. The fraction of sp³-hybridized carbons (Fsp3) is 0.667. The van der Waals surface area contributed by atoms with Crippen LogP contribution in [-0.2, 0) is 9.84 Å². The van der Waals surface area contributed by atoms with Crippen molar-refractivity contribution < 1.29 is 8.42 Å². The predicted molar refractivity (Wildman–Crippen MR) is 90.4 cm³/mol. The third-order valence-corrected chi connectivity index (χ3v) is 5.93. The first-order valence-electron chi connectivity index (χ1n) is 8.25. The second kappa shape index (κ2) is 9.24. The molecule has 21 heavy (non-hydrogen) atoms. The van der Waals surface area contributed by atoms with Gasteiger partial charge in [-0.2, -0.15) is 0 Å². The molecule has 0 bridgehead atoms. The highest BCUT2D eigenvalue weighted by molar-refractivity contribution is 7.91. The molecule has 0 saturated heterocycles. The van der Waals surface area contributed by atoms with Gasteiger partial charge in [-0.25, -0.2) is 8.42 Å². The summed E-state index contributed by atoms with van der Waals surface area (Å²) in [6.07, 6.45) is 8.57. The molecule has 120 valence electrons. The van der Waals surface area contributed by atoms with E-state index >= 15 is 0 Å². The monoisotopic (exact) mass is 310 g/mol. The van der Waals surface area contributed by atoms with Crippen LogP contribution in [0.2, 0.25) is 0 Å². The predicted octanol–water partition coefficient (Wildman–Crippen LogP) is 5.16. The lowest BCUT2D eigenvalue weighted by molar-refractivity contribution is 0.505. The number of benzene rings is 1. The van der Waals surface area contributed by atoms with E-state index in [0.717, 1.165) is 18.4 Å². The van der Waals surface area contributed by atoms with Gasteiger partial charge in [0.2, 0.25) is 0 Å². The van der Waals surface area contributed by atoms with Gasteiger partial charge in [0.25, 0.3) is 0 Å². The minimum absolute atomic E-state index is 0.238. The topological polar surface area (TPSA) is 34.1 Å². The van der Waals surface area contributed by atoms with Crippen molar-refractivity contribution >= 4 is 9.84 Å². The second-order valence-corrected chi connectivity index (χ2v) is 8.29. The molecule has 0 radical (unpaired) electrons. The molecule has 0 amide bonds. The highest BCUT2D eigenvalue weighted by Gasteiger charge is 2.18. The van der Waals surface area contributed by atoms with Crippen molar-refractivity contribution in [3.8, 4) is 0 Å². The van der Waals surface area contributed by atoms with Gasteiger partial charge in [-0.3, -0.25) is 0 Å². The first-order valence-corrected chi connectivity index (χ1v) is 9.90. The van der Waals surface area contributed by atoms with E-state index in [1.54, 1.807) is 12.1 Å². The third-order valence-electron chi connectivity index (χ3n) is 3.93. The Kier molecular flexibility index (Phi) is 8.02. The Balaban J connectivity index is 2.36. The minimum atomic E-state index is -3.13. The summed E-state index contributed by atoms with van der Waals surface area (Å²) < 4.78 is 24.7. The van der Waals surface area contributed by atoms with Gasteiger partial charge in [-0.1, -0.05) is 70.1 Å². The fourth-order valence-corrected chi connectivity index (χ4v) is 4.23. The van der Waals surface area contributed by atoms with Crippen LogP contribution in [0.1, 0.15) is 64.4 Å². The molecule has 0 N–H and O–H groups in total. The van der Waals surface area contributed by atoms with E-state index in [4.69, 9.17) is 0 Å². The van der Waals surface area contributed by atoms with Crippen LogP contribution in [0, 0.1) is 12.8 Å². The zero-order chi connectivity index (χ0) is 15.7. The molecule has 0 unspecified atom stereocenters. The van der Waals surface area contributed by atoms with Crippen molar-refractivity contribution in [3.05, 3.63) is 29.8 Å². The Hall–Kier alpha value is -0.830. The first-order chi connectivity index (χ1) is 9.95. The molecule has 0 spiro atoms. The molecule has 2 nitrogen and oxygen atoms in total. The van der Waals surface area contributed by atoms with Gasteiger partial charge in [0.05, 0.1) is 10.6 Å². The minimum Gasteiger partial charge on any atom is -0.224 e. The van der Waals surface area contributed by atoms with Crippen molar-refractivity contribution in [3.63, 3.8) is 0 Å². The smallest absolute Gasteiger partial charge is 0.178 e. The lowest BCUT2D eigenvalue weighted by Gasteiger charge is -2.12. The molecule has 0 fully saturated rings. The van der Waals surface area contributed by atoms with E-state index in [0.29, 0.717) is 4.90 Å². The molecule has 0 saturated carbocycles. The Labute approximate surface area is 130 Å². The lowest BCUT2D eigenvalue weighted by Crippen LogP contribution is -2.14. The van der Waals surface area contributed by atoms with Crippen LogP contribution in [0.15, 0.2) is 29.2 Å². The molecule has 1 rings (SSSR count). The third kappa shape index (κ3) is 7.12. The summed E-state index contributed by atoms with van der Waals surface area (Å²) in [4.78, 5) is 0.461. The SMILES string of the molecule is CCCCCCCC[C@H](C)CS(=O)(=O)c1ccc(C)cc1. The van der Waals surface area contributed by atoms with Gasteiger partial charge in [-0.15, -0.1) is 0 Å². The maximum absolute atomic E-state index is 12.3. The molecule has 3 heteroatoms.